The maximum atomic E-state index is 14.2. The highest BCUT2D eigenvalue weighted by atomic mass is 32.2. The Morgan fingerprint density at radius 1 is 0.927 bits per heavy atom. The third-order valence-corrected chi connectivity index (χ3v) is 8.19. The van der Waals surface area contributed by atoms with Crippen LogP contribution in [0, 0.1) is 13.8 Å². The summed E-state index contributed by atoms with van der Waals surface area (Å²) in [6, 6.07) is 21.2. The van der Waals surface area contributed by atoms with Crippen molar-refractivity contribution in [1.82, 2.24) is 10.2 Å². The van der Waals surface area contributed by atoms with E-state index in [-0.39, 0.29) is 18.9 Å². The first-order valence-corrected chi connectivity index (χ1v) is 15.7. The van der Waals surface area contributed by atoms with Gasteiger partial charge in [0.05, 0.1) is 19.1 Å². The number of amides is 2. The van der Waals surface area contributed by atoms with Gasteiger partial charge in [-0.05, 0) is 66.8 Å². The molecule has 0 fully saturated rings. The molecule has 2 amide bonds. The molecule has 3 aromatic rings. The van der Waals surface area contributed by atoms with Gasteiger partial charge in [0, 0.05) is 19.5 Å². The SMILES string of the molecule is CCCCNC(=O)[C@H](Cc1ccccc1)N(Cc1cccc(OC)c1)C(=O)CN(c1ccc(C)c(C)c1)S(C)(=O)=O. The van der Waals surface area contributed by atoms with E-state index in [2.05, 4.69) is 5.32 Å². The second-order valence-electron chi connectivity index (χ2n) is 10.3. The lowest BCUT2D eigenvalue weighted by Crippen LogP contribution is -2.53. The summed E-state index contributed by atoms with van der Waals surface area (Å²) in [6.45, 7) is 6.01. The first-order valence-electron chi connectivity index (χ1n) is 13.8. The van der Waals surface area contributed by atoms with E-state index in [0.29, 0.717) is 18.0 Å². The van der Waals surface area contributed by atoms with Gasteiger partial charge < -0.3 is 15.0 Å². The van der Waals surface area contributed by atoms with E-state index in [9.17, 15) is 18.0 Å². The molecule has 41 heavy (non-hydrogen) atoms. The fraction of sp³-hybridized carbons (Fsp3) is 0.375. The van der Waals surface area contributed by atoms with Gasteiger partial charge in [0.25, 0.3) is 0 Å². The molecule has 8 nitrogen and oxygen atoms in total. The van der Waals surface area contributed by atoms with E-state index in [1.807, 2.05) is 75.4 Å². The lowest BCUT2D eigenvalue weighted by molar-refractivity contribution is -0.140. The van der Waals surface area contributed by atoms with Crippen molar-refractivity contribution in [3.05, 3.63) is 95.1 Å². The highest BCUT2D eigenvalue weighted by Crippen LogP contribution is 2.23. The highest BCUT2D eigenvalue weighted by Gasteiger charge is 2.33. The van der Waals surface area contributed by atoms with E-state index in [1.54, 1.807) is 25.3 Å². The number of benzene rings is 3. The lowest BCUT2D eigenvalue weighted by atomic mass is 10.0. The first kappa shape index (κ1) is 31.7. The number of carbonyl (C=O) groups is 2. The molecular weight excluding hydrogens is 538 g/mol. The van der Waals surface area contributed by atoms with E-state index >= 15 is 0 Å². The predicted octanol–water partition coefficient (Wildman–Crippen LogP) is 4.63. The van der Waals surface area contributed by atoms with Crippen molar-refractivity contribution in [2.45, 2.75) is 52.6 Å². The van der Waals surface area contributed by atoms with Crippen LogP contribution in [0.25, 0.3) is 0 Å². The second kappa shape index (κ2) is 14.7. The van der Waals surface area contributed by atoms with Crippen LogP contribution in [0.5, 0.6) is 5.75 Å². The Bertz CT molecular complexity index is 1430. The number of unbranched alkanes of at least 4 members (excludes halogenated alkanes) is 1. The monoisotopic (exact) mass is 579 g/mol. The summed E-state index contributed by atoms with van der Waals surface area (Å²) in [5, 5.41) is 2.99. The summed E-state index contributed by atoms with van der Waals surface area (Å²) in [5.74, 6) is -0.145. The van der Waals surface area contributed by atoms with Crippen molar-refractivity contribution in [1.29, 1.82) is 0 Å². The summed E-state index contributed by atoms with van der Waals surface area (Å²) in [6.07, 6.45) is 3.08. The average Bonchev–Trinajstić information content (AvgIpc) is 2.95. The summed E-state index contributed by atoms with van der Waals surface area (Å²) < 4.78 is 32.4. The molecule has 0 bridgehead atoms. The zero-order valence-electron chi connectivity index (χ0n) is 24.6. The van der Waals surface area contributed by atoms with Crippen LogP contribution in [-0.4, -0.2) is 57.6 Å². The van der Waals surface area contributed by atoms with Crippen molar-refractivity contribution in [3.63, 3.8) is 0 Å². The molecule has 3 aromatic carbocycles. The normalized spacial score (nSPS) is 11.9. The maximum absolute atomic E-state index is 14.2. The van der Waals surface area contributed by atoms with Crippen LogP contribution >= 0.6 is 0 Å². The van der Waals surface area contributed by atoms with Gasteiger partial charge in [-0.2, -0.15) is 0 Å². The largest absolute Gasteiger partial charge is 0.497 e. The Labute approximate surface area is 244 Å². The summed E-state index contributed by atoms with van der Waals surface area (Å²) >= 11 is 0. The molecule has 1 atom stereocenters. The lowest BCUT2D eigenvalue weighted by Gasteiger charge is -2.33. The predicted molar refractivity (Wildman–Crippen MR) is 164 cm³/mol. The molecule has 0 spiro atoms. The number of methoxy groups -OCH3 is 1. The van der Waals surface area contributed by atoms with Crippen molar-refractivity contribution in [3.8, 4) is 5.75 Å². The number of ether oxygens (including phenoxy) is 1. The Hall–Kier alpha value is -3.85. The minimum atomic E-state index is -3.82. The summed E-state index contributed by atoms with van der Waals surface area (Å²) in [7, 11) is -2.25. The van der Waals surface area contributed by atoms with Crippen molar-refractivity contribution >= 4 is 27.5 Å². The number of nitrogens with one attached hydrogen (secondary N) is 1. The molecule has 0 saturated carbocycles. The van der Waals surface area contributed by atoms with Crippen LogP contribution < -0.4 is 14.4 Å². The van der Waals surface area contributed by atoms with Gasteiger partial charge in [0.15, 0.2) is 0 Å². The molecule has 9 heteroatoms. The molecule has 1 N–H and O–H groups in total. The molecule has 0 heterocycles. The topological polar surface area (TPSA) is 96.0 Å². The third-order valence-electron chi connectivity index (χ3n) is 7.05. The first-order chi connectivity index (χ1) is 19.5. The highest BCUT2D eigenvalue weighted by molar-refractivity contribution is 7.92. The van der Waals surface area contributed by atoms with Crippen LogP contribution in [0.2, 0.25) is 0 Å². The van der Waals surface area contributed by atoms with E-state index in [1.165, 1.54) is 4.90 Å². The van der Waals surface area contributed by atoms with Gasteiger partial charge in [-0.1, -0.05) is 61.9 Å². The Balaban J connectivity index is 2.06. The Morgan fingerprint density at radius 2 is 1.63 bits per heavy atom. The maximum Gasteiger partial charge on any atom is 0.244 e. The number of hydrogen-bond donors (Lipinski definition) is 1. The number of hydrogen-bond acceptors (Lipinski definition) is 5. The molecule has 0 radical (unpaired) electrons. The Morgan fingerprint density at radius 3 is 2.27 bits per heavy atom. The van der Waals surface area contributed by atoms with Crippen LogP contribution in [0.3, 0.4) is 0 Å². The zero-order chi connectivity index (χ0) is 30.0. The number of nitrogens with zero attached hydrogens (tertiary/aromatic N) is 2. The molecule has 0 aliphatic rings. The Kier molecular flexibility index (Phi) is 11.3. The fourth-order valence-electron chi connectivity index (χ4n) is 4.52. The average molecular weight is 580 g/mol. The van der Waals surface area contributed by atoms with E-state index in [0.717, 1.165) is 45.7 Å². The van der Waals surface area contributed by atoms with Crippen LogP contribution in [0.15, 0.2) is 72.8 Å². The molecule has 0 aromatic heterocycles. The van der Waals surface area contributed by atoms with Crippen molar-refractivity contribution in [2.24, 2.45) is 0 Å². The smallest absolute Gasteiger partial charge is 0.244 e. The number of carbonyl (C=O) groups excluding carboxylic acids is 2. The minimum absolute atomic E-state index is 0.0965. The van der Waals surface area contributed by atoms with E-state index < -0.39 is 28.5 Å². The van der Waals surface area contributed by atoms with Gasteiger partial charge in [-0.3, -0.25) is 13.9 Å². The fourth-order valence-corrected chi connectivity index (χ4v) is 5.36. The third kappa shape index (κ3) is 9.08. The summed E-state index contributed by atoms with van der Waals surface area (Å²) in [5.41, 5.74) is 3.97. The van der Waals surface area contributed by atoms with Gasteiger partial charge >= 0.3 is 0 Å². The van der Waals surface area contributed by atoms with Crippen LogP contribution in [-0.2, 0) is 32.6 Å². The van der Waals surface area contributed by atoms with Gasteiger partial charge in [0.2, 0.25) is 21.8 Å². The van der Waals surface area contributed by atoms with Gasteiger partial charge in [0.1, 0.15) is 18.3 Å². The van der Waals surface area contributed by atoms with Crippen molar-refractivity contribution in [2.75, 3.05) is 30.8 Å². The van der Waals surface area contributed by atoms with Crippen LogP contribution in [0.4, 0.5) is 5.69 Å². The zero-order valence-corrected chi connectivity index (χ0v) is 25.4. The van der Waals surface area contributed by atoms with Crippen molar-refractivity contribution < 1.29 is 22.7 Å². The number of rotatable bonds is 14. The number of aryl methyl sites for hydroxylation is 2. The molecule has 0 saturated heterocycles. The molecular formula is C32H41N3O5S. The molecule has 0 unspecified atom stereocenters. The number of sulfonamides is 1. The molecule has 220 valence electrons. The molecule has 0 aliphatic heterocycles. The summed E-state index contributed by atoms with van der Waals surface area (Å²) in [4.78, 5) is 29.3. The number of anilines is 1. The molecule has 3 rings (SSSR count). The van der Waals surface area contributed by atoms with Gasteiger partial charge in [-0.25, -0.2) is 8.42 Å². The minimum Gasteiger partial charge on any atom is -0.497 e. The van der Waals surface area contributed by atoms with Gasteiger partial charge in [-0.15, -0.1) is 0 Å². The standard InChI is InChI=1S/C32H41N3O5S/c1-6-7-18-33-32(37)30(21-26-12-9-8-10-13-26)34(22-27-14-11-15-29(20-27)40-4)31(36)23-35(41(5,38)39)28-17-16-24(2)25(3)19-28/h8-17,19-20,30H,6-7,18,21-23H2,1-5H3,(H,33,37)/t30-/m0/s1. The molecule has 0 aliphatic carbocycles. The van der Waals surface area contributed by atoms with Crippen LogP contribution in [0.1, 0.15) is 42.0 Å². The quantitative estimate of drug-likeness (QED) is 0.281. The van der Waals surface area contributed by atoms with E-state index in [4.69, 9.17) is 4.74 Å². The second-order valence-corrected chi connectivity index (χ2v) is 12.2.